The Kier molecular flexibility index (Phi) is 4.49. The van der Waals surface area contributed by atoms with Gasteiger partial charge < -0.3 is 12.9 Å². The summed E-state index contributed by atoms with van der Waals surface area (Å²) in [5.74, 6) is 0. The normalized spacial score (nSPS) is 15.9. The van der Waals surface area contributed by atoms with Crippen molar-refractivity contribution in [3.05, 3.63) is 24.3 Å². The summed E-state index contributed by atoms with van der Waals surface area (Å²) < 4.78 is 37.8. The van der Waals surface area contributed by atoms with Crippen LogP contribution >= 0.6 is 0 Å². The minimum atomic E-state index is -4.85. The molecule has 0 aliphatic rings. The molecular formula is C10H17BF3-. The fourth-order valence-corrected chi connectivity index (χ4v) is 1.07. The van der Waals surface area contributed by atoms with Crippen LogP contribution in [0.4, 0.5) is 12.9 Å². The van der Waals surface area contributed by atoms with Crippen LogP contribution in [0.2, 0.25) is 5.31 Å². The lowest BCUT2D eigenvalue weighted by atomic mass is 9.57. The molecule has 0 fully saturated rings. The molecule has 0 aliphatic heterocycles. The van der Waals surface area contributed by atoms with Crippen LogP contribution in [-0.4, -0.2) is 6.98 Å². The van der Waals surface area contributed by atoms with Gasteiger partial charge in [-0.1, -0.05) is 25.0 Å². The Balaban J connectivity index is 4.43. The number of halogens is 3. The lowest BCUT2D eigenvalue weighted by Gasteiger charge is -2.35. The highest BCUT2D eigenvalue weighted by molar-refractivity contribution is 6.62. The molecule has 0 saturated carbocycles. The van der Waals surface area contributed by atoms with Gasteiger partial charge in [0, 0.05) is 0 Å². The van der Waals surface area contributed by atoms with E-state index in [9.17, 15) is 12.9 Å². The molecule has 0 amide bonds. The standard InChI is InChI=1S/C10H17BF3/c1-5-10(4,11(12,13)14)8-6-7-9(2)3/h5,7H,1,6,8H2,2-4H3/q-1. The lowest BCUT2D eigenvalue weighted by molar-refractivity contribution is 0.392. The first-order chi connectivity index (χ1) is 6.23. The van der Waals surface area contributed by atoms with Crippen LogP contribution in [0.15, 0.2) is 24.3 Å². The van der Waals surface area contributed by atoms with E-state index in [4.69, 9.17) is 0 Å². The van der Waals surface area contributed by atoms with Gasteiger partial charge in [0.05, 0.1) is 0 Å². The average molecular weight is 205 g/mol. The van der Waals surface area contributed by atoms with Crippen LogP contribution in [0.5, 0.6) is 0 Å². The van der Waals surface area contributed by atoms with Gasteiger partial charge in [-0.05, 0) is 25.6 Å². The molecule has 0 aromatic heterocycles. The van der Waals surface area contributed by atoms with E-state index in [1.54, 1.807) is 0 Å². The van der Waals surface area contributed by atoms with Crippen molar-refractivity contribution < 1.29 is 12.9 Å². The molecule has 0 nitrogen and oxygen atoms in total. The molecule has 0 saturated heterocycles. The predicted octanol–water partition coefficient (Wildman–Crippen LogP) is 4.53. The molecule has 4 heteroatoms. The van der Waals surface area contributed by atoms with E-state index in [-0.39, 0.29) is 6.42 Å². The van der Waals surface area contributed by atoms with Crippen molar-refractivity contribution in [1.29, 1.82) is 0 Å². The van der Waals surface area contributed by atoms with Crippen LogP contribution in [0, 0.1) is 0 Å². The van der Waals surface area contributed by atoms with E-state index in [2.05, 4.69) is 6.58 Å². The fourth-order valence-electron chi connectivity index (χ4n) is 1.07. The summed E-state index contributed by atoms with van der Waals surface area (Å²) in [6, 6.07) is 0. The van der Waals surface area contributed by atoms with Gasteiger partial charge in [0.1, 0.15) is 0 Å². The van der Waals surface area contributed by atoms with Crippen molar-refractivity contribution >= 4 is 6.98 Å². The Morgan fingerprint density at radius 2 is 1.86 bits per heavy atom. The highest BCUT2D eigenvalue weighted by Crippen LogP contribution is 2.45. The van der Waals surface area contributed by atoms with Crippen LogP contribution in [0.25, 0.3) is 0 Å². The van der Waals surface area contributed by atoms with E-state index in [0.717, 1.165) is 11.6 Å². The van der Waals surface area contributed by atoms with Gasteiger partial charge in [-0.3, -0.25) is 0 Å². The molecule has 0 aromatic carbocycles. The van der Waals surface area contributed by atoms with Gasteiger partial charge in [-0.15, -0.1) is 12.7 Å². The number of hydrogen-bond acceptors (Lipinski definition) is 0. The first-order valence-corrected chi connectivity index (χ1v) is 4.69. The Hall–Kier alpha value is -0.665. The van der Waals surface area contributed by atoms with E-state index >= 15 is 0 Å². The van der Waals surface area contributed by atoms with Crippen molar-refractivity contribution in [3.63, 3.8) is 0 Å². The highest BCUT2D eigenvalue weighted by atomic mass is 19.4. The van der Waals surface area contributed by atoms with Gasteiger partial charge in [-0.25, -0.2) is 0 Å². The predicted molar refractivity (Wildman–Crippen MR) is 56.3 cm³/mol. The summed E-state index contributed by atoms with van der Waals surface area (Å²) in [6.45, 7) is 3.39. The molecule has 14 heavy (non-hydrogen) atoms. The van der Waals surface area contributed by atoms with Gasteiger partial charge in [0.25, 0.3) is 0 Å². The maximum absolute atomic E-state index is 12.6. The van der Waals surface area contributed by atoms with Gasteiger partial charge >= 0.3 is 6.98 Å². The van der Waals surface area contributed by atoms with Gasteiger partial charge in [0.15, 0.2) is 0 Å². The van der Waals surface area contributed by atoms with E-state index in [1.165, 1.54) is 6.92 Å². The topological polar surface area (TPSA) is 0 Å². The second kappa shape index (κ2) is 4.71. The number of allylic oxidation sites excluding steroid dienone is 3. The second-order valence-corrected chi connectivity index (χ2v) is 4.10. The van der Waals surface area contributed by atoms with Crippen LogP contribution in [-0.2, 0) is 0 Å². The maximum atomic E-state index is 12.6. The summed E-state index contributed by atoms with van der Waals surface area (Å²) in [5, 5.41) is -1.70. The summed E-state index contributed by atoms with van der Waals surface area (Å²) >= 11 is 0. The molecule has 82 valence electrons. The molecule has 0 bridgehead atoms. The Bertz CT molecular complexity index is 226. The highest BCUT2D eigenvalue weighted by Gasteiger charge is 2.42. The molecule has 1 atom stereocenters. The van der Waals surface area contributed by atoms with E-state index in [0.29, 0.717) is 6.42 Å². The largest absolute Gasteiger partial charge is 0.487 e. The fraction of sp³-hybridized carbons (Fsp3) is 0.600. The van der Waals surface area contributed by atoms with Crippen molar-refractivity contribution in [2.75, 3.05) is 0 Å². The maximum Gasteiger partial charge on any atom is 0.487 e. The summed E-state index contributed by atoms with van der Waals surface area (Å²) in [6.07, 6.45) is 3.38. The van der Waals surface area contributed by atoms with Crippen molar-refractivity contribution in [2.45, 2.75) is 38.9 Å². The zero-order valence-electron chi connectivity index (χ0n) is 8.99. The van der Waals surface area contributed by atoms with E-state index < -0.39 is 12.3 Å². The lowest BCUT2D eigenvalue weighted by Crippen LogP contribution is -2.32. The average Bonchev–Trinajstić information content (AvgIpc) is 2.01. The molecule has 0 aliphatic carbocycles. The van der Waals surface area contributed by atoms with Crippen molar-refractivity contribution in [3.8, 4) is 0 Å². The SMILES string of the molecule is C=CC(C)(CCC=C(C)C)[B-](F)(F)F. The zero-order chi connectivity index (χ0) is 11.4. The molecule has 0 N–H and O–H groups in total. The molecule has 0 heterocycles. The monoisotopic (exact) mass is 205 g/mol. The third-order valence-corrected chi connectivity index (χ3v) is 2.45. The van der Waals surface area contributed by atoms with Crippen LogP contribution < -0.4 is 0 Å². The number of hydrogen-bond donors (Lipinski definition) is 0. The van der Waals surface area contributed by atoms with Crippen molar-refractivity contribution in [2.24, 2.45) is 0 Å². The first kappa shape index (κ1) is 13.3. The van der Waals surface area contributed by atoms with Crippen molar-refractivity contribution in [1.82, 2.24) is 0 Å². The quantitative estimate of drug-likeness (QED) is 0.457. The third kappa shape index (κ3) is 3.60. The minimum Gasteiger partial charge on any atom is -0.448 e. The van der Waals surface area contributed by atoms with Crippen LogP contribution in [0.3, 0.4) is 0 Å². The summed E-state index contributed by atoms with van der Waals surface area (Å²) in [5.41, 5.74) is 1.05. The second-order valence-electron chi connectivity index (χ2n) is 4.10. The van der Waals surface area contributed by atoms with Gasteiger partial charge in [0.2, 0.25) is 0 Å². The molecular weight excluding hydrogens is 188 g/mol. The molecule has 0 radical (unpaired) electrons. The molecule has 1 unspecified atom stereocenters. The Labute approximate surface area is 83.9 Å². The number of rotatable bonds is 5. The molecule has 0 aromatic rings. The van der Waals surface area contributed by atoms with E-state index in [1.807, 2.05) is 19.9 Å². The summed E-state index contributed by atoms with van der Waals surface area (Å²) in [4.78, 5) is 0. The zero-order valence-corrected chi connectivity index (χ0v) is 8.99. The van der Waals surface area contributed by atoms with Crippen LogP contribution in [0.1, 0.15) is 33.6 Å². The molecule has 0 rings (SSSR count). The summed E-state index contributed by atoms with van der Waals surface area (Å²) in [7, 11) is 0. The smallest absolute Gasteiger partial charge is 0.448 e. The third-order valence-electron chi connectivity index (χ3n) is 2.45. The van der Waals surface area contributed by atoms with Gasteiger partial charge in [-0.2, -0.15) is 0 Å². The molecule has 0 spiro atoms. The minimum absolute atomic E-state index is 0.0885. The Morgan fingerprint density at radius 1 is 1.36 bits per heavy atom. The first-order valence-electron chi connectivity index (χ1n) is 4.69. The Morgan fingerprint density at radius 3 is 2.14 bits per heavy atom.